The van der Waals surface area contributed by atoms with Gasteiger partial charge in [0.05, 0.1) is 0 Å². The first-order valence-corrected chi connectivity index (χ1v) is 10.6. The van der Waals surface area contributed by atoms with Gasteiger partial charge in [-0.2, -0.15) is 0 Å². The highest BCUT2D eigenvalue weighted by Crippen LogP contribution is 2.68. The highest BCUT2D eigenvalue weighted by atomic mass is 14.6. The molecule has 0 radical (unpaired) electrons. The monoisotopic (exact) mass is 314 g/mol. The summed E-state index contributed by atoms with van der Waals surface area (Å²) >= 11 is 0. The van der Waals surface area contributed by atoms with Gasteiger partial charge in [0.25, 0.3) is 0 Å². The molecule has 0 amide bonds. The summed E-state index contributed by atoms with van der Waals surface area (Å²) in [6, 6.07) is 0. The largest absolute Gasteiger partial charge is 0.0879 e. The summed E-state index contributed by atoms with van der Waals surface area (Å²) < 4.78 is 0. The molecule has 0 nitrogen and oxygen atoms in total. The van der Waals surface area contributed by atoms with Crippen molar-refractivity contribution >= 4 is 0 Å². The zero-order valence-corrected chi connectivity index (χ0v) is 16.2. The van der Waals surface area contributed by atoms with Crippen LogP contribution in [0.2, 0.25) is 0 Å². The molecule has 0 aliphatic heterocycles. The van der Waals surface area contributed by atoms with Crippen molar-refractivity contribution in [3.8, 4) is 0 Å². The Morgan fingerprint density at radius 3 is 2.48 bits per heavy atom. The lowest BCUT2D eigenvalue weighted by molar-refractivity contribution is -0.129. The molecule has 4 saturated carbocycles. The average Bonchev–Trinajstić information content (AvgIpc) is 2.85. The molecule has 0 unspecified atom stereocenters. The first-order valence-electron chi connectivity index (χ1n) is 10.6. The van der Waals surface area contributed by atoms with Gasteiger partial charge in [-0.05, 0) is 98.2 Å². The van der Waals surface area contributed by atoms with E-state index in [1.165, 1.54) is 51.4 Å². The summed E-state index contributed by atoms with van der Waals surface area (Å²) in [5.41, 5.74) is 3.02. The summed E-state index contributed by atoms with van der Waals surface area (Å²) in [6.45, 7) is 12.8. The van der Waals surface area contributed by atoms with E-state index < -0.39 is 0 Å². The van der Waals surface area contributed by atoms with Crippen molar-refractivity contribution in [2.45, 2.75) is 86.0 Å². The first kappa shape index (κ1) is 16.2. The lowest BCUT2D eigenvalue weighted by Gasteiger charge is -2.62. The van der Waals surface area contributed by atoms with Crippen LogP contribution in [0, 0.1) is 46.3 Å². The molecule has 0 N–H and O–H groups in total. The Bertz CT molecular complexity index is 502. The SMILES string of the molecule is C/C=C1/CC[C@H]2[C@@H]3[C@H](C)C[C@@H]4C[C@H](C)CC[C@]4(C)[C@H]3CC[C@]12C. The molecular formula is C23H38. The van der Waals surface area contributed by atoms with Gasteiger partial charge in [-0.15, -0.1) is 0 Å². The summed E-state index contributed by atoms with van der Waals surface area (Å²) in [7, 11) is 0. The van der Waals surface area contributed by atoms with Gasteiger partial charge in [-0.1, -0.05) is 45.8 Å². The molecule has 0 bridgehead atoms. The summed E-state index contributed by atoms with van der Waals surface area (Å²) in [6.07, 6.45) is 14.4. The van der Waals surface area contributed by atoms with Crippen LogP contribution in [-0.2, 0) is 0 Å². The molecule has 4 rings (SSSR count). The Morgan fingerprint density at radius 2 is 1.74 bits per heavy atom. The Morgan fingerprint density at radius 1 is 0.957 bits per heavy atom. The van der Waals surface area contributed by atoms with Crippen LogP contribution in [0.25, 0.3) is 0 Å². The van der Waals surface area contributed by atoms with Crippen molar-refractivity contribution in [3.05, 3.63) is 11.6 Å². The van der Waals surface area contributed by atoms with Crippen LogP contribution in [0.1, 0.15) is 86.0 Å². The molecule has 0 spiro atoms. The van der Waals surface area contributed by atoms with Crippen molar-refractivity contribution < 1.29 is 0 Å². The van der Waals surface area contributed by atoms with Crippen LogP contribution in [0.3, 0.4) is 0 Å². The Kier molecular flexibility index (Phi) is 3.79. The maximum atomic E-state index is 2.71. The summed E-state index contributed by atoms with van der Waals surface area (Å²) in [5, 5.41) is 0. The van der Waals surface area contributed by atoms with E-state index in [0.717, 1.165) is 35.5 Å². The van der Waals surface area contributed by atoms with Crippen LogP contribution in [-0.4, -0.2) is 0 Å². The number of fused-ring (bicyclic) bond motifs is 5. The van der Waals surface area contributed by atoms with E-state index in [-0.39, 0.29) is 0 Å². The van der Waals surface area contributed by atoms with Gasteiger partial charge in [0.2, 0.25) is 0 Å². The van der Waals surface area contributed by atoms with Gasteiger partial charge in [0, 0.05) is 0 Å². The maximum Gasteiger partial charge on any atom is -0.00852 e. The summed E-state index contributed by atoms with van der Waals surface area (Å²) in [4.78, 5) is 0. The summed E-state index contributed by atoms with van der Waals surface area (Å²) in [5.74, 6) is 5.99. The van der Waals surface area contributed by atoms with E-state index in [1.807, 2.05) is 0 Å². The van der Waals surface area contributed by atoms with Gasteiger partial charge in [0.15, 0.2) is 0 Å². The predicted molar refractivity (Wildman–Crippen MR) is 99.2 cm³/mol. The van der Waals surface area contributed by atoms with E-state index in [4.69, 9.17) is 0 Å². The fourth-order valence-electron chi connectivity index (χ4n) is 8.18. The third kappa shape index (κ3) is 2.15. The van der Waals surface area contributed by atoms with E-state index in [1.54, 1.807) is 5.57 Å². The second-order valence-electron chi connectivity index (χ2n) is 10.4. The van der Waals surface area contributed by atoms with Crippen LogP contribution in [0.15, 0.2) is 11.6 Å². The molecule has 0 heterocycles. The van der Waals surface area contributed by atoms with E-state index in [0.29, 0.717) is 10.8 Å². The van der Waals surface area contributed by atoms with E-state index >= 15 is 0 Å². The minimum atomic E-state index is 0.551. The first-order chi connectivity index (χ1) is 10.9. The maximum absolute atomic E-state index is 2.71. The second kappa shape index (κ2) is 5.37. The molecule has 4 fully saturated rings. The molecule has 130 valence electrons. The van der Waals surface area contributed by atoms with E-state index in [9.17, 15) is 0 Å². The lowest BCUT2D eigenvalue weighted by Crippen LogP contribution is -2.55. The molecule has 0 aromatic rings. The minimum Gasteiger partial charge on any atom is -0.0879 e. The molecule has 0 aromatic carbocycles. The molecule has 0 saturated heterocycles. The van der Waals surface area contributed by atoms with Gasteiger partial charge in [0.1, 0.15) is 0 Å². The quantitative estimate of drug-likeness (QED) is 0.428. The Labute approximate surface area is 144 Å². The third-order valence-electron chi connectivity index (χ3n) is 9.48. The van der Waals surface area contributed by atoms with Crippen molar-refractivity contribution in [1.29, 1.82) is 0 Å². The topological polar surface area (TPSA) is 0 Å². The zero-order valence-electron chi connectivity index (χ0n) is 16.2. The fraction of sp³-hybridized carbons (Fsp3) is 0.913. The lowest BCUT2D eigenvalue weighted by atomic mass is 9.42. The number of allylic oxidation sites excluding steroid dienone is 2. The molecule has 23 heavy (non-hydrogen) atoms. The van der Waals surface area contributed by atoms with Crippen LogP contribution in [0.4, 0.5) is 0 Å². The second-order valence-corrected chi connectivity index (χ2v) is 10.4. The van der Waals surface area contributed by atoms with Gasteiger partial charge < -0.3 is 0 Å². The number of hydrogen-bond donors (Lipinski definition) is 0. The number of rotatable bonds is 0. The molecule has 8 atom stereocenters. The van der Waals surface area contributed by atoms with Crippen LogP contribution >= 0.6 is 0 Å². The highest BCUT2D eigenvalue weighted by Gasteiger charge is 2.60. The molecule has 0 aromatic heterocycles. The van der Waals surface area contributed by atoms with Crippen molar-refractivity contribution in [3.63, 3.8) is 0 Å². The van der Waals surface area contributed by atoms with Gasteiger partial charge >= 0.3 is 0 Å². The smallest absolute Gasteiger partial charge is 0.00852 e. The molecular weight excluding hydrogens is 276 g/mol. The van der Waals surface area contributed by atoms with Gasteiger partial charge in [-0.25, -0.2) is 0 Å². The van der Waals surface area contributed by atoms with Crippen molar-refractivity contribution in [2.24, 2.45) is 46.3 Å². The van der Waals surface area contributed by atoms with E-state index in [2.05, 4.69) is 40.7 Å². The standard InChI is InChI=1S/C23H38/c1-6-17-7-8-19-21-16(3)14-18-13-15(2)9-11-23(18,5)20(21)10-12-22(17,19)4/h6,15-16,18-21H,7-14H2,1-5H3/b17-6-/t15-,16-,18+,19+,20+,21+,22-,23+/m1/s1. The predicted octanol–water partition coefficient (Wildman–Crippen LogP) is 6.86. The third-order valence-corrected chi connectivity index (χ3v) is 9.48. The normalized spacial score (nSPS) is 57.7. The fourth-order valence-corrected chi connectivity index (χ4v) is 8.18. The molecule has 4 aliphatic rings. The highest BCUT2D eigenvalue weighted by molar-refractivity contribution is 5.24. The molecule has 4 aliphatic carbocycles. The van der Waals surface area contributed by atoms with Crippen LogP contribution < -0.4 is 0 Å². The Balaban J connectivity index is 1.68. The zero-order chi connectivity index (χ0) is 16.4. The number of hydrogen-bond acceptors (Lipinski definition) is 0. The van der Waals surface area contributed by atoms with Crippen LogP contribution in [0.5, 0.6) is 0 Å². The molecule has 0 heteroatoms. The van der Waals surface area contributed by atoms with Crippen molar-refractivity contribution in [1.82, 2.24) is 0 Å². The van der Waals surface area contributed by atoms with Crippen molar-refractivity contribution in [2.75, 3.05) is 0 Å². The van der Waals surface area contributed by atoms with Gasteiger partial charge in [-0.3, -0.25) is 0 Å². The Hall–Kier alpha value is -0.260. The average molecular weight is 315 g/mol. The minimum absolute atomic E-state index is 0.551.